The van der Waals surface area contributed by atoms with Gasteiger partial charge in [-0.25, -0.2) is 4.79 Å². The molecule has 2 aliphatic carbocycles. The molecular formula is C15H21NO2. The minimum absolute atomic E-state index is 0.0309. The van der Waals surface area contributed by atoms with Crippen LogP contribution >= 0.6 is 0 Å². The monoisotopic (exact) mass is 247 g/mol. The molecule has 98 valence electrons. The van der Waals surface area contributed by atoms with Gasteiger partial charge in [-0.2, -0.15) is 0 Å². The second-order valence-electron chi connectivity index (χ2n) is 4.98. The second-order valence-corrected chi connectivity index (χ2v) is 4.98. The fourth-order valence-electron chi connectivity index (χ4n) is 2.62. The van der Waals surface area contributed by atoms with Crippen LogP contribution < -0.4 is 0 Å². The molecule has 3 nitrogen and oxygen atoms in total. The van der Waals surface area contributed by atoms with Gasteiger partial charge < -0.3 is 10.0 Å². The average Bonchev–Trinajstić information content (AvgIpc) is 2.33. The van der Waals surface area contributed by atoms with Crippen LogP contribution in [0.1, 0.15) is 49.8 Å². The Labute approximate surface area is 108 Å². The molecular weight excluding hydrogens is 226 g/mol. The molecule has 2 bridgehead atoms. The van der Waals surface area contributed by atoms with Crippen LogP contribution in [0.15, 0.2) is 24.3 Å². The van der Waals surface area contributed by atoms with Crippen molar-refractivity contribution >= 4 is 6.09 Å². The van der Waals surface area contributed by atoms with Gasteiger partial charge in [-0.3, -0.25) is 0 Å². The summed E-state index contributed by atoms with van der Waals surface area (Å²) in [5.74, 6) is 0. The van der Waals surface area contributed by atoms with Gasteiger partial charge in [-0.1, -0.05) is 37.6 Å². The molecule has 1 unspecified atom stereocenters. The Morgan fingerprint density at radius 3 is 2.72 bits per heavy atom. The van der Waals surface area contributed by atoms with E-state index in [1.54, 1.807) is 4.90 Å². The highest BCUT2D eigenvalue weighted by Crippen LogP contribution is 2.30. The Kier molecular flexibility index (Phi) is 4.24. The highest BCUT2D eigenvalue weighted by atomic mass is 16.4. The van der Waals surface area contributed by atoms with E-state index in [4.69, 9.17) is 0 Å². The first-order valence-corrected chi connectivity index (χ1v) is 6.80. The summed E-state index contributed by atoms with van der Waals surface area (Å²) in [5, 5.41) is 9.40. The fourth-order valence-corrected chi connectivity index (χ4v) is 2.62. The molecule has 1 atom stereocenters. The van der Waals surface area contributed by atoms with Gasteiger partial charge >= 0.3 is 6.09 Å². The number of fused-ring (bicyclic) bond motifs is 5. The van der Waals surface area contributed by atoms with Crippen molar-refractivity contribution in [3.8, 4) is 0 Å². The van der Waals surface area contributed by atoms with Crippen molar-refractivity contribution in [3.63, 3.8) is 0 Å². The molecule has 0 spiro atoms. The lowest BCUT2D eigenvalue weighted by molar-refractivity contribution is 0.119. The van der Waals surface area contributed by atoms with E-state index in [9.17, 15) is 9.90 Å². The third-order valence-electron chi connectivity index (χ3n) is 3.68. The predicted octanol–water partition coefficient (Wildman–Crippen LogP) is 3.84. The molecule has 1 aromatic rings. The SMILES string of the molecule is CCCCN(C(=O)O)C1CCCc2ccc1cc2. The van der Waals surface area contributed by atoms with Crippen LogP contribution in [0.2, 0.25) is 0 Å². The zero-order valence-corrected chi connectivity index (χ0v) is 10.9. The molecule has 1 amide bonds. The summed E-state index contributed by atoms with van der Waals surface area (Å²) in [5.41, 5.74) is 2.49. The number of hydrogen-bond acceptors (Lipinski definition) is 1. The van der Waals surface area contributed by atoms with Crippen molar-refractivity contribution in [2.45, 2.75) is 45.1 Å². The molecule has 0 fully saturated rings. The third-order valence-corrected chi connectivity index (χ3v) is 3.68. The largest absolute Gasteiger partial charge is 0.465 e. The Bertz CT molecular complexity index is 399. The number of unbranched alkanes of at least 4 members (excludes halogenated alkanes) is 1. The van der Waals surface area contributed by atoms with Crippen LogP contribution in [0.4, 0.5) is 4.79 Å². The lowest BCUT2D eigenvalue weighted by Crippen LogP contribution is -2.35. The first-order valence-electron chi connectivity index (χ1n) is 6.80. The Morgan fingerprint density at radius 1 is 1.39 bits per heavy atom. The number of nitrogens with zero attached hydrogens (tertiary/aromatic N) is 1. The van der Waals surface area contributed by atoms with Crippen molar-refractivity contribution in [2.24, 2.45) is 0 Å². The van der Waals surface area contributed by atoms with Gasteiger partial charge in [-0.15, -0.1) is 0 Å². The molecule has 1 aromatic carbocycles. The van der Waals surface area contributed by atoms with Crippen molar-refractivity contribution in [2.75, 3.05) is 6.54 Å². The molecule has 0 saturated heterocycles. The summed E-state index contributed by atoms with van der Waals surface area (Å²) < 4.78 is 0. The highest BCUT2D eigenvalue weighted by Gasteiger charge is 2.25. The maximum absolute atomic E-state index is 11.4. The van der Waals surface area contributed by atoms with Crippen LogP contribution in [0.25, 0.3) is 0 Å². The third kappa shape index (κ3) is 2.84. The molecule has 0 aliphatic heterocycles. The molecule has 1 N–H and O–H groups in total. The molecule has 0 radical (unpaired) electrons. The van der Waals surface area contributed by atoms with E-state index in [1.165, 1.54) is 5.56 Å². The Balaban J connectivity index is 2.21. The van der Waals surface area contributed by atoms with E-state index in [1.807, 2.05) is 0 Å². The lowest BCUT2D eigenvalue weighted by atomic mass is 9.92. The van der Waals surface area contributed by atoms with Gasteiger partial charge in [0.2, 0.25) is 0 Å². The fraction of sp³-hybridized carbons (Fsp3) is 0.533. The van der Waals surface area contributed by atoms with Crippen molar-refractivity contribution in [3.05, 3.63) is 35.4 Å². The van der Waals surface area contributed by atoms with Gasteiger partial charge in [0.05, 0.1) is 6.04 Å². The van der Waals surface area contributed by atoms with Crippen LogP contribution in [0.5, 0.6) is 0 Å². The number of hydrogen-bond donors (Lipinski definition) is 1. The summed E-state index contributed by atoms with van der Waals surface area (Å²) >= 11 is 0. The van der Waals surface area contributed by atoms with Crippen molar-refractivity contribution < 1.29 is 9.90 Å². The number of rotatable bonds is 4. The van der Waals surface area contributed by atoms with Crippen LogP contribution in [0.3, 0.4) is 0 Å². The van der Waals surface area contributed by atoms with Gasteiger partial charge in [-0.05, 0) is 36.8 Å². The van der Waals surface area contributed by atoms with E-state index in [-0.39, 0.29) is 6.04 Å². The molecule has 18 heavy (non-hydrogen) atoms. The van der Waals surface area contributed by atoms with E-state index < -0.39 is 6.09 Å². The van der Waals surface area contributed by atoms with E-state index in [0.717, 1.165) is 37.7 Å². The van der Waals surface area contributed by atoms with Crippen LogP contribution in [0, 0.1) is 0 Å². The van der Waals surface area contributed by atoms with Crippen molar-refractivity contribution in [1.29, 1.82) is 0 Å². The van der Waals surface area contributed by atoms with E-state index >= 15 is 0 Å². The number of carboxylic acid groups (broad SMARTS) is 1. The minimum Gasteiger partial charge on any atom is -0.465 e. The highest BCUT2D eigenvalue weighted by molar-refractivity contribution is 5.65. The van der Waals surface area contributed by atoms with E-state index in [2.05, 4.69) is 31.2 Å². The van der Waals surface area contributed by atoms with Gasteiger partial charge in [0.25, 0.3) is 0 Å². The number of carbonyl (C=O) groups is 1. The maximum atomic E-state index is 11.4. The number of aryl methyl sites for hydroxylation is 1. The molecule has 0 saturated carbocycles. The average molecular weight is 247 g/mol. The molecule has 2 aliphatic rings. The van der Waals surface area contributed by atoms with Gasteiger partial charge in [0.1, 0.15) is 0 Å². The quantitative estimate of drug-likeness (QED) is 0.878. The Morgan fingerprint density at radius 2 is 2.11 bits per heavy atom. The number of benzene rings is 1. The van der Waals surface area contributed by atoms with Crippen LogP contribution in [-0.4, -0.2) is 22.6 Å². The molecule has 3 heteroatoms. The zero-order chi connectivity index (χ0) is 13.0. The van der Waals surface area contributed by atoms with Gasteiger partial charge in [0, 0.05) is 6.54 Å². The molecule has 0 aromatic heterocycles. The molecule has 3 rings (SSSR count). The normalized spacial score (nSPS) is 18.2. The summed E-state index contributed by atoms with van der Waals surface area (Å²) in [4.78, 5) is 13.1. The van der Waals surface area contributed by atoms with Crippen LogP contribution in [-0.2, 0) is 6.42 Å². The first-order chi connectivity index (χ1) is 8.72. The van der Waals surface area contributed by atoms with E-state index in [0.29, 0.717) is 6.54 Å². The predicted molar refractivity (Wildman–Crippen MR) is 71.8 cm³/mol. The maximum Gasteiger partial charge on any atom is 0.407 e. The first kappa shape index (κ1) is 12.9. The number of amides is 1. The Hall–Kier alpha value is -1.51. The van der Waals surface area contributed by atoms with Gasteiger partial charge in [0.15, 0.2) is 0 Å². The smallest absolute Gasteiger partial charge is 0.407 e. The topological polar surface area (TPSA) is 40.5 Å². The second kappa shape index (κ2) is 5.89. The summed E-state index contributed by atoms with van der Waals surface area (Å²) in [6.07, 6.45) is 4.21. The zero-order valence-electron chi connectivity index (χ0n) is 10.9. The summed E-state index contributed by atoms with van der Waals surface area (Å²) in [6, 6.07) is 8.45. The minimum atomic E-state index is -0.793. The summed E-state index contributed by atoms with van der Waals surface area (Å²) in [6.45, 7) is 2.73. The lowest BCUT2D eigenvalue weighted by Gasteiger charge is -2.31. The summed E-state index contributed by atoms with van der Waals surface area (Å²) in [7, 11) is 0. The molecule has 0 heterocycles. The van der Waals surface area contributed by atoms with Crippen molar-refractivity contribution in [1.82, 2.24) is 4.90 Å². The standard InChI is InChI=1S/C15H21NO2/c1-2-3-11-16(15(17)18)14-6-4-5-12-7-9-13(14)10-8-12/h7-10,14H,2-6,11H2,1H3,(H,17,18).